The van der Waals surface area contributed by atoms with E-state index in [0.29, 0.717) is 0 Å². The molecule has 1 aliphatic rings. The monoisotopic (exact) mass is 234 g/mol. The predicted molar refractivity (Wildman–Crippen MR) is 70.2 cm³/mol. The number of hydrogen-bond acceptors (Lipinski definition) is 3. The van der Waals surface area contributed by atoms with Crippen LogP contribution in [0.15, 0.2) is 18.2 Å². The molecule has 0 fully saturated rings. The quantitative estimate of drug-likeness (QED) is 0.817. The van der Waals surface area contributed by atoms with Gasteiger partial charge in [0, 0.05) is 18.5 Å². The average molecular weight is 234 g/mol. The van der Waals surface area contributed by atoms with Crippen molar-refractivity contribution in [2.45, 2.75) is 38.8 Å². The molecule has 0 saturated heterocycles. The van der Waals surface area contributed by atoms with Crippen LogP contribution in [-0.2, 0) is 13.0 Å². The third-order valence-corrected chi connectivity index (χ3v) is 3.29. The van der Waals surface area contributed by atoms with Gasteiger partial charge in [0.05, 0.1) is 6.61 Å². The van der Waals surface area contributed by atoms with Crippen LogP contribution in [0.25, 0.3) is 0 Å². The number of benzene rings is 1. The van der Waals surface area contributed by atoms with E-state index in [4.69, 9.17) is 10.5 Å². The van der Waals surface area contributed by atoms with Crippen molar-refractivity contribution in [2.24, 2.45) is 5.73 Å². The Morgan fingerprint density at radius 2 is 2.24 bits per heavy atom. The van der Waals surface area contributed by atoms with Crippen LogP contribution in [0, 0.1) is 0 Å². The fraction of sp³-hybridized carbons (Fsp3) is 0.571. The molecule has 2 rings (SSSR count). The summed E-state index contributed by atoms with van der Waals surface area (Å²) in [5.41, 5.74) is 8.36. The maximum Gasteiger partial charge on any atom is 0.122 e. The molecule has 0 amide bonds. The van der Waals surface area contributed by atoms with Crippen molar-refractivity contribution in [3.05, 3.63) is 29.3 Å². The topological polar surface area (TPSA) is 47.3 Å². The lowest BCUT2D eigenvalue weighted by Gasteiger charge is -2.25. The van der Waals surface area contributed by atoms with Gasteiger partial charge in [-0.2, -0.15) is 0 Å². The number of nitrogens with one attached hydrogen (secondary N) is 1. The van der Waals surface area contributed by atoms with Crippen LogP contribution in [0.1, 0.15) is 31.4 Å². The first-order valence-corrected chi connectivity index (χ1v) is 6.30. The van der Waals surface area contributed by atoms with Gasteiger partial charge in [-0.1, -0.05) is 12.1 Å². The molecule has 3 nitrogen and oxygen atoms in total. The zero-order valence-electron chi connectivity index (χ0n) is 10.8. The van der Waals surface area contributed by atoms with Gasteiger partial charge in [-0.25, -0.2) is 0 Å². The van der Waals surface area contributed by atoms with Gasteiger partial charge in [-0.3, -0.25) is 0 Å². The van der Waals surface area contributed by atoms with Crippen molar-refractivity contribution in [2.75, 3.05) is 13.2 Å². The molecule has 1 aliphatic heterocycles. The molecule has 0 aromatic heterocycles. The van der Waals surface area contributed by atoms with E-state index in [-0.39, 0.29) is 5.54 Å². The van der Waals surface area contributed by atoms with Gasteiger partial charge in [0.1, 0.15) is 5.75 Å². The largest absolute Gasteiger partial charge is 0.493 e. The molecule has 1 heterocycles. The van der Waals surface area contributed by atoms with E-state index >= 15 is 0 Å². The first-order valence-electron chi connectivity index (χ1n) is 6.30. The molecule has 0 atom stereocenters. The van der Waals surface area contributed by atoms with Gasteiger partial charge in [-0.05, 0) is 44.0 Å². The molecule has 1 aromatic rings. The zero-order valence-corrected chi connectivity index (χ0v) is 10.8. The van der Waals surface area contributed by atoms with E-state index in [1.807, 2.05) is 0 Å². The van der Waals surface area contributed by atoms with Gasteiger partial charge in [0.15, 0.2) is 0 Å². The van der Waals surface area contributed by atoms with Crippen LogP contribution >= 0.6 is 0 Å². The molecule has 0 saturated carbocycles. The number of ether oxygens (including phenoxy) is 1. The predicted octanol–water partition coefficient (Wildman–Crippen LogP) is 1.84. The molecule has 0 unspecified atom stereocenters. The Kier molecular flexibility index (Phi) is 3.69. The summed E-state index contributed by atoms with van der Waals surface area (Å²) in [6.07, 6.45) is 2.02. The SMILES string of the molecule is CC(C)(CCN)NCc1ccc2c(c1)CCO2. The summed E-state index contributed by atoms with van der Waals surface area (Å²) in [4.78, 5) is 0. The summed E-state index contributed by atoms with van der Waals surface area (Å²) in [6.45, 7) is 6.82. The standard InChI is InChI=1S/C14H22N2O/c1-14(2,6-7-15)16-10-11-3-4-13-12(9-11)5-8-17-13/h3-4,9,16H,5-8,10,15H2,1-2H3. The van der Waals surface area contributed by atoms with Crippen LogP contribution < -0.4 is 15.8 Å². The minimum Gasteiger partial charge on any atom is -0.493 e. The van der Waals surface area contributed by atoms with E-state index in [1.54, 1.807) is 0 Å². The second kappa shape index (κ2) is 5.07. The molecule has 3 N–H and O–H groups in total. The van der Waals surface area contributed by atoms with Crippen molar-refractivity contribution >= 4 is 0 Å². The molecular formula is C14H22N2O. The maximum absolute atomic E-state index is 5.60. The van der Waals surface area contributed by atoms with E-state index in [0.717, 1.165) is 38.3 Å². The molecule has 94 valence electrons. The van der Waals surface area contributed by atoms with Gasteiger partial charge in [-0.15, -0.1) is 0 Å². The van der Waals surface area contributed by atoms with Crippen molar-refractivity contribution in [3.8, 4) is 5.75 Å². The van der Waals surface area contributed by atoms with Crippen molar-refractivity contribution in [1.82, 2.24) is 5.32 Å². The first kappa shape index (κ1) is 12.4. The molecule has 0 bridgehead atoms. The smallest absolute Gasteiger partial charge is 0.122 e. The second-order valence-electron chi connectivity index (χ2n) is 5.32. The zero-order chi connectivity index (χ0) is 12.3. The van der Waals surface area contributed by atoms with Crippen LogP contribution in [0.4, 0.5) is 0 Å². The highest BCUT2D eigenvalue weighted by Gasteiger charge is 2.16. The highest BCUT2D eigenvalue weighted by atomic mass is 16.5. The Morgan fingerprint density at radius 1 is 1.41 bits per heavy atom. The highest BCUT2D eigenvalue weighted by Crippen LogP contribution is 2.26. The number of nitrogens with two attached hydrogens (primary N) is 1. The van der Waals surface area contributed by atoms with Gasteiger partial charge in [0.2, 0.25) is 0 Å². The number of hydrogen-bond donors (Lipinski definition) is 2. The molecule has 3 heteroatoms. The van der Waals surface area contributed by atoms with E-state index < -0.39 is 0 Å². The first-order chi connectivity index (χ1) is 8.11. The molecular weight excluding hydrogens is 212 g/mol. The molecule has 0 spiro atoms. The molecule has 0 radical (unpaired) electrons. The summed E-state index contributed by atoms with van der Waals surface area (Å²) < 4.78 is 5.50. The van der Waals surface area contributed by atoms with Crippen molar-refractivity contribution < 1.29 is 4.74 Å². The van der Waals surface area contributed by atoms with Crippen LogP contribution in [0.3, 0.4) is 0 Å². The lowest BCUT2D eigenvalue weighted by molar-refractivity contribution is 0.356. The Balaban J connectivity index is 1.95. The summed E-state index contributed by atoms with van der Waals surface area (Å²) in [7, 11) is 0. The highest BCUT2D eigenvalue weighted by molar-refractivity contribution is 5.39. The Morgan fingerprint density at radius 3 is 3.00 bits per heavy atom. The van der Waals surface area contributed by atoms with Crippen LogP contribution in [0.5, 0.6) is 5.75 Å². The van der Waals surface area contributed by atoms with E-state index in [2.05, 4.69) is 37.4 Å². The molecule has 1 aromatic carbocycles. The third-order valence-electron chi connectivity index (χ3n) is 3.29. The van der Waals surface area contributed by atoms with E-state index in [1.165, 1.54) is 11.1 Å². The lowest BCUT2D eigenvalue weighted by atomic mass is 10.00. The Labute approximate surface area is 103 Å². The third kappa shape index (κ3) is 3.20. The normalized spacial score (nSPS) is 14.5. The van der Waals surface area contributed by atoms with E-state index in [9.17, 15) is 0 Å². The molecule has 0 aliphatic carbocycles. The minimum absolute atomic E-state index is 0.101. The molecule has 17 heavy (non-hydrogen) atoms. The summed E-state index contributed by atoms with van der Waals surface area (Å²) in [6, 6.07) is 6.46. The van der Waals surface area contributed by atoms with Gasteiger partial charge < -0.3 is 15.8 Å². The summed E-state index contributed by atoms with van der Waals surface area (Å²) in [5.74, 6) is 1.05. The van der Waals surface area contributed by atoms with Gasteiger partial charge >= 0.3 is 0 Å². The van der Waals surface area contributed by atoms with Crippen LogP contribution in [0.2, 0.25) is 0 Å². The Bertz CT molecular complexity index is 388. The summed E-state index contributed by atoms with van der Waals surface area (Å²) in [5, 5.41) is 3.55. The van der Waals surface area contributed by atoms with Gasteiger partial charge in [0.25, 0.3) is 0 Å². The fourth-order valence-electron chi connectivity index (χ4n) is 2.14. The van der Waals surface area contributed by atoms with Crippen molar-refractivity contribution in [1.29, 1.82) is 0 Å². The number of fused-ring (bicyclic) bond motifs is 1. The second-order valence-corrected chi connectivity index (χ2v) is 5.32. The minimum atomic E-state index is 0.101. The number of rotatable bonds is 5. The summed E-state index contributed by atoms with van der Waals surface area (Å²) >= 11 is 0. The maximum atomic E-state index is 5.60. The average Bonchev–Trinajstić information content (AvgIpc) is 2.73. The van der Waals surface area contributed by atoms with Crippen molar-refractivity contribution in [3.63, 3.8) is 0 Å². The Hall–Kier alpha value is -1.06. The fourth-order valence-corrected chi connectivity index (χ4v) is 2.14. The lowest BCUT2D eigenvalue weighted by Crippen LogP contribution is -2.40. The van der Waals surface area contributed by atoms with Crippen LogP contribution in [-0.4, -0.2) is 18.7 Å².